The fourth-order valence-electron chi connectivity index (χ4n) is 2.84. The van der Waals surface area contributed by atoms with Crippen LogP contribution in [0.5, 0.6) is 0 Å². The molecule has 0 aliphatic rings. The zero-order valence-corrected chi connectivity index (χ0v) is 13.3. The maximum atomic E-state index is 12.7. The number of hydrogen-bond acceptors (Lipinski definition) is 1. The number of rotatable bonds is 5. The average molecular weight is 300 g/mol. The van der Waals surface area contributed by atoms with Crippen LogP contribution in [0.15, 0.2) is 84.9 Å². The fraction of sp³-hybridized carbons (Fsp3) is 0.136. The maximum Gasteiger partial charge on any atom is 0.163 e. The van der Waals surface area contributed by atoms with Gasteiger partial charge in [-0.2, -0.15) is 0 Å². The van der Waals surface area contributed by atoms with E-state index in [2.05, 4.69) is 43.3 Å². The monoisotopic (exact) mass is 300 g/mol. The molecule has 0 aromatic heterocycles. The molecule has 114 valence electrons. The van der Waals surface area contributed by atoms with Crippen molar-refractivity contribution >= 4 is 5.78 Å². The SMILES string of the molecule is Cc1ccc(C(CC(=O)c2ccccc2)c2ccccc2)cc1. The van der Waals surface area contributed by atoms with E-state index < -0.39 is 0 Å². The largest absolute Gasteiger partial charge is 0.294 e. The Morgan fingerprint density at radius 2 is 1.26 bits per heavy atom. The zero-order valence-electron chi connectivity index (χ0n) is 13.3. The van der Waals surface area contributed by atoms with Gasteiger partial charge in [0.2, 0.25) is 0 Å². The lowest BCUT2D eigenvalue weighted by molar-refractivity contribution is 0.0977. The average Bonchev–Trinajstić information content (AvgIpc) is 2.62. The highest BCUT2D eigenvalue weighted by Crippen LogP contribution is 2.29. The number of aryl methyl sites for hydroxylation is 1. The predicted octanol–water partition coefficient (Wildman–Crippen LogP) is 5.40. The van der Waals surface area contributed by atoms with Gasteiger partial charge in [0.25, 0.3) is 0 Å². The Balaban J connectivity index is 1.93. The van der Waals surface area contributed by atoms with Gasteiger partial charge in [-0.25, -0.2) is 0 Å². The summed E-state index contributed by atoms with van der Waals surface area (Å²) in [5.41, 5.74) is 4.38. The minimum atomic E-state index is 0.0875. The molecule has 1 heteroatoms. The van der Waals surface area contributed by atoms with Gasteiger partial charge in [-0.15, -0.1) is 0 Å². The van der Waals surface area contributed by atoms with E-state index >= 15 is 0 Å². The molecule has 0 fully saturated rings. The molecule has 0 heterocycles. The van der Waals surface area contributed by atoms with Crippen LogP contribution in [0.4, 0.5) is 0 Å². The van der Waals surface area contributed by atoms with Crippen molar-refractivity contribution in [2.45, 2.75) is 19.3 Å². The van der Waals surface area contributed by atoms with Gasteiger partial charge in [0, 0.05) is 17.9 Å². The fourth-order valence-corrected chi connectivity index (χ4v) is 2.84. The Kier molecular flexibility index (Phi) is 4.68. The third-order valence-corrected chi connectivity index (χ3v) is 4.17. The Morgan fingerprint density at radius 1 is 0.739 bits per heavy atom. The van der Waals surface area contributed by atoms with Crippen LogP contribution < -0.4 is 0 Å². The summed E-state index contributed by atoms with van der Waals surface area (Å²) in [4.78, 5) is 12.7. The molecule has 0 aliphatic carbocycles. The van der Waals surface area contributed by atoms with Gasteiger partial charge in [-0.1, -0.05) is 90.5 Å². The lowest BCUT2D eigenvalue weighted by atomic mass is 9.85. The van der Waals surface area contributed by atoms with E-state index in [1.54, 1.807) is 0 Å². The molecule has 0 N–H and O–H groups in total. The second-order valence-electron chi connectivity index (χ2n) is 5.87. The van der Waals surface area contributed by atoms with Crippen molar-refractivity contribution < 1.29 is 4.79 Å². The first-order valence-electron chi connectivity index (χ1n) is 7.94. The van der Waals surface area contributed by atoms with Crippen LogP contribution in [0.1, 0.15) is 39.4 Å². The van der Waals surface area contributed by atoms with E-state index in [1.165, 1.54) is 16.7 Å². The van der Waals surface area contributed by atoms with E-state index in [1.807, 2.05) is 48.5 Å². The first-order chi connectivity index (χ1) is 11.2. The molecule has 3 rings (SSSR count). The Labute approximate surface area is 137 Å². The van der Waals surface area contributed by atoms with Crippen LogP contribution in [0, 0.1) is 6.92 Å². The molecule has 0 saturated heterocycles. The number of benzene rings is 3. The van der Waals surface area contributed by atoms with Crippen LogP contribution >= 0.6 is 0 Å². The molecule has 1 unspecified atom stereocenters. The molecule has 0 radical (unpaired) electrons. The summed E-state index contributed by atoms with van der Waals surface area (Å²) in [6, 6.07) is 28.3. The maximum absolute atomic E-state index is 12.7. The van der Waals surface area contributed by atoms with Crippen LogP contribution in [0.25, 0.3) is 0 Å². The minimum absolute atomic E-state index is 0.0875. The Morgan fingerprint density at radius 3 is 1.87 bits per heavy atom. The third-order valence-electron chi connectivity index (χ3n) is 4.17. The number of carbonyl (C=O) groups is 1. The molecule has 0 amide bonds. The van der Waals surface area contributed by atoms with Gasteiger partial charge in [0.1, 0.15) is 0 Å². The molecule has 23 heavy (non-hydrogen) atoms. The normalized spacial score (nSPS) is 11.9. The summed E-state index contributed by atoms with van der Waals surface area (Å²) < 4.78 is 0. The van der Waals surface area contributed by atoms with Crippen molar-refractivity contribution in [1.29, 1.82) is 0 Å². The highest BCUT2D eigenvalue weighted by atomic mass is 16.1. The molecule has 0 aliphatic heterocycles. The Hall–Kier alpha value is -2.67. The molecule has 1 nitrogen and oxygen atoms in total. The number of carbonyl (C=O) groups excluding carboxylic acids is 1. The molecule has 3 aromatic rings. The topological polar surface area (TPSA) is 17.1 Å². The van der Waals surface area contributed by atoms with Crippen molar-refractivity contribution in [2.75, 3.05) is 0 Å². The quantitative estimate of drug-likeness (QED) is 0.577. The molecule has 1 atom stereocenters. The first-order valence-corrected chi connectivity index (χ1v) is 7.94. The summed E-state index contributed by atoms with van der Waals surface area (Å²) in [6.07, 6.45) is 0.483. The highest BCUT2D eigenvalue weighted by molar-refractivity contribution is 5.96. The van der Waals surface area contributed by atoms with E-state index in [-0.39, 0.29) is 11.7 Å². The number of hydrogen-bond donors (Lipinski definition) is 0. The van der Waals surface area contributed by atoms with E-state index in [0.717, 1.165) is 5.56 Å². The number of ketones is 1. The summed E-state index contributed by atoms with van der Waals surface area (Å²) in [5, 5.41) is 0. The molecule has 3 aromatic carbocycles. The molecule has 0 bridgehead atoms. The van der Waals surface area contributed by atoms with Crippen molar-refractivity contribution in [3.05, 3.63) is 107 Å². The summed E-state index contributed by atoms with van der Waals surface area (Å²) >= 11 is 0. The van der Waals surface area contributed by atoms with Gasteiger partial charge in [-0.3, -0.25) is 4.79 Å². The molecule has 0 saturated carbocycles. The van der Waals surface area contributed by atoms with Crippen LogP contribution in [0.3, 0.4) is 0 Å². The van der Waals surface area contributed by atoms with E-state index in [0.29, 0.717) is 6.42 Å². The first kappa shape index (κ1) is 15.2. The van der Waals surface area contributed by atoms with Gasteiger partial charge in [0.15, 0.2) is 5.78 Å². The smallest absolute Gasteiger partial charge is 0.163 e. The van der Waals surface area contributed by atoms with Crippen LogP contribution in [-0.4, -0.2) is 5.78 Å². The number of Topliss-reactive ketones (excluding diaryl/α,β-unsaturated/α-hetero) is 1. The van der Waals surface area contributed by atoms with Gasteiger partial charge >= 0.3 is 0 Å². The Bertz CT molecular complexity index is 758. The third kappa shape index (κ3) is 3.75. The standard InChI is InChI=1S/C22H20O/c1-17-12-14-19(15-13-17)21(18-8-4-2-5-9-18)16-22(23)20-10-6-3-7-11-20/h2-15,21H,16H2,1H3. The van der Waals surface area contributed by atoms with Crippen LogP contribution in [-0.2, 0) is 0 Å². The van der Waals surface area contributed by atoms with Gasteiger partial charge in [-0.05, 0) is 18.1 Å². The van der Waals surface area contributed by atoms with Crippen molar-refractivity contribution in [3.63, 3.8) is 0 Å². The van der Waals surface area contributed by atoms with Gasteiger partial charge < -0.3 is 0 Å². The second-order valence-corrected chi connectivity index (χ2v) is 5.87. The second kappa shape index (κ2) is 7.06. The summed E-state index contributed by atoms with van der Waals surface area (Å²) in [7, 11) is 0. The van der Waals surface area contributed by atoms with E-state index in [9.17, 15) is 4.79 Å². The summed E-state index contributed by atoms with van der Waals surface area (Å²) in [6.45, 7) is 2.08. The lowest BCUT2D eigenvalue weighted by Gasteiger charge is -2.18. The van der Waals surface area contributed by atoms with E-state index in [4.69, 9.17) is 0 Å². The predicted molar refractivity (Wildman–Crippen MR) is 94.9 cm³/mol. The molecular formula is C22H20O. The molecular weight excluding hydrogens is 280 g/mol. The highest BCUT2D eigenvalue weighted by Gasteiger charge is 2.18. The van der Waals surface area contributed by atoms with Crippen molar-refractivity contribution in [1.82, 2.24) is 0 Å². The minimum Gasteiger partial charge on any atom is -0.294 e. The summed E-state index contributed by atoms with van der Waals surface area (Å²) in [5.74, 6) is 0.268. The van der Waals surface area contributed by atoms with Gasteiger partial charge in [0.05, 0.1) is 0 Å². The lowest BCUT2D eigenvalue weighted by Crippen LogP contribution is -2.09. The van der Waals surface area contributed by atoms with Crippen LogP contribution in [0.2, 0.25) is 0 Å². The zero-order chi connectivity index (χ0) is 16.1. The van der Waals surface area contributed by atoms with Crippen molar-refractivity contribution in [2.24, 2.45) is 0 Å². The van der Waals surface area contributed by atoms with Crippen molar-refractivity contribution in [3.8, 4) is 0 Å². The molecule has 0 spiro atoms.